The first-order chi connectivity index (χ1) is 7.23. The first kappa shape index (κ1) is 11.7. The molecule has 4 nitrogen and oxygen atoms in total. The molecule has 0 spiro atoms. The zero-order valence-corrected chi connectivity index (χ0v) is 8.91. The number of ketones is 1. The molecule has 7 heteroatoms. The molecule has 0 saturated heterocycles. The zero-order valence-electron chi connectivity index (χ0n) is 8.10. The molecule has 3 unspecified atom stereocenters. The number of hydrogen-bond acceptors (Lipinski definition) is 4. The van der Waals surface area contributed by atoms with Gasteiger partial charge in [0.15, 0.2) is 10.1 Å². The molecule has 2 aliphatic carbocycles. The minimum absolute atomic E-state index is 0.0594. The number of allylic oxidation sites excluding steroid dienone is 2. The molecule has 2 bridgehead atoms. The molecule has 0 aliphatic heterocycles. The molecule has 3 atom stereocenters. The zero-order chi connectivity index (χ0) is 12.1. The van der Waals surface area contributed by atoms with Crippen LogP contribution in [0.2, 0.25) is 0 Å². The monoisotopic (exact) mass is 251 g/mol. The van der Waals surface area contributed by atoms with E-state index in [9.17, 15) is 26.5 Å². The molecule has 0 aromatic heterocycles. The quantitative estimate of drug-likeness (QED) is 0.552. The van der Waals surface area contributed by atoms with Gasteiger partial charge in [0.05, 0.1) is 0 Å². The van der Waals surface area contributed by atoms with Crippen molar-refractivity contribution in [1.29, 1.82) is 0 Å². The summed E-state index contributed by atoms with van der Waals surface area (Å²) in [6, 6.07) is 0. The highest BCUT2D eigenvalue weighted by Crippen LogP contribution is 2.46. The van der Waals surface area contributed by atoms with E-state index in [1.165, 1.54) is 0 Å². The van der Waals surface area contributed by atoms with E-state index in [1.807, 2.05) is 6.08 Å². The van der Waals surface area contributed by atoms with Crippen LogP contribution >= 0.6 is 0 Å². The lowest BCUT2D eigenvalue weighted by Gasteiger charge is -2.24. The lowest BCUT2D eigenvalue weighted by atomic mass is 9.90. The molecule has 2 rings (SSSR count). The molecule has 0 aromatic rings. The fourth-order valence-electron chi connectivity index (χ4n) is 2.42. The van der Waals surface area contributed by atoms with Gasteiger partial charge in [-0.25, -0.2) is 8.42 Å². The Morgan fingerprint density at radius 1 is 1.31 bits per heavy atom. The van der Waals surface area contributed by atoms with Crippen LogP contribution < -0.4 is 0 Å². The molecule has 0 heterocycles. The SMILES string of the molecule is O=C(C1CC2C=CC1C2)C(F)(F)S(=O)(=O)[O-]. The summed E-state index contributed by atoms with van der Waals surface area (Å²) in [5.74, 6) is -3.07. The number of rotatable bonds is 3. The smallest absolute Gasteiger partial charge is 0.391 e. The standard InChI is InChI=1S/C9H10F2O4S/c10-9(11,16(13,14)15)8(12)7-4-5-1-2-6(7)3-5/h1-2,5-7H,3-4H2,(H,13,14,15)/p-1. The topological polar surface area (TPSA) is 74.3 Å². The first-order valence-electron chi connectivity index (χ1n) is 4.79. The second-order valence-corrected chi connectivity index (χ2v) is 5.64. The summed E-state index contributed by atoms with van der Waals surface area (Å²) >= 11 is 0. The highest BCUT2D eigenvalue weighted by atomic mass is 32.2. The van der Waals surface area contributed by atoms with Crippen molar-refractivity contribution in [1.82, 2.24) is 0 Å². The fraction of sp³-hybridized carbons (Fsp3) is 0.667. The van der Waals surface area contributed by atoms with Gasteiger partial charge in [0.1, 0.15) is 0 Å². The number of carbonyl (C=O) groups excluding carboxylic acids is 1. The van der Waals surface area contributed by atoms with Gasteiger partial charge in [0.25, 0.3) is 0 Å². The van der Waals surface area contributed by atoms with Gasteiger partial charge in [-0.15, -0.1) is 0 Å². The number of hydrogen-bond donors (Lipinski definition) is 0. The Kier molecular flexibility index (Phi) is 2.43. The van der Waals surface area contributed by atoms with Crippen molar-refractivity contribution >= 4 is 15.9 Å². The third-order valence-corrected chi connectivity index (χ3v) is 4.05. The Labute approximate surface area is 91.1 Å². The molecular weight excluding hydrogens is 242 g/mol. The second-order valence-electron chi connectivity index (χ2n) is 4.22. The molecule has 2 aliphatic rings. The Hall–Kier alpha value is -0.820. The largest absolute Gasteiger partial charge is 0.743 e. The summed E-state index contributed by atoms with van der Waals surface area (Å²) in [6.07, 6.45) is 4.28. The van der Waals surface area contributed by atoms with E-state index >= 15 is 0 Å². The molecule has 16 heavy (non-hydrogen) atoms. The molecule has 0 N–H and O–H groups in total. The third kappa shape index (κ3) is 1.58. The van der Waals surface area contributed by atoms with Crippen LogP contribution in [0.25, 0.3) is 0 Å². The molecule has 0 aromatic carbocycles. The summed E-state index contributed by atoms with van der Waals surface area (Å²) in [5.41, 5.74) is 0. The molecule has 1 fully saturated rings. The van der Waals surface area contributed by atoms with Crippen molar-refractivity contribution < 1.29 is 26.5 Å². The average molecular weight is 251 g/mol. The Balaban J connectivity index is 2.24. The maximum absolute atomic E-state index is 13.0. The van der Waals surface area contributed by atoms with Gasteiger partial charge >= 0.3 is 5.25 Å². The van der Waals surface area contributed by atoms with E-state index in [0.29, 0.717) is 6.42 Å². The van der Waals surface area contributed by atoms with Crippen LogP contribution in [-0.4, -0.2) is 24.0 Å². The molecule has 0 amide bonds. The number of carbonyl (C=O) groups is 1. The van der Waals surface area contributed by atoms with Gasteiger partial charge in [0.2, 0.25) is 5.78 Å². The summed E-state index contributed by atoms with van der Waals surface area (Å²) in [5, 5.41) is -4.80. The maximum atomic E-state index is 13.0. The van der Waals surface area contributed by atoms with Crippen molar-refractivity contribution in [3.8, 4) is 0 Å². The Morgan fingerprint density at radius 2 is 1.94 bits per heavy atom. The van der Waals surface area contributed by atoms with E-state index in [1.54, 1.807) is 6.08 Å². The van der Waals surface area contributed by atoms with E-state index in [4.69, 9.17) is 0 Å². The van der Waals surface area contributed by atoms with Gasteiger partial charge in [-0.2, -0.15) is 8.78 Å². The first-order valence-corrected chi connectivity index (χ1v) is 6.20. The predicted molar refractivity (Wildman–Crippen MR) is 48.5 cm³/mol. The van der Waals surface area contributed by atoms with Crippen LogP contribution in [0.1, 0.15) is 12.8 Å². The predicted octanol–water partition coefficient (Wildman–Crippen LogP) is 0.906. The number of halogens is 2. The average Bonchev–Trinajstić information content (AvgIpc) is 2.75. The van der Waals surface area contributed by atoms with Crippen LogP contribution in [-0.2, 0) is 14.9 Å². The number of Topliss-reactive ketones (excluding diaryl/α,β-unsaturated/α-hetero) is 1. The van der Waals surface area contributed by atoms with Crippen molar-refractivity contribution in [3.63, 3.8) is 0 Å². The van der Waals surface area contributed by atoms with Crippen LogP contribution in [0.4, 0.5) is 8.78 Å². The Bertz CT molecular complexity index is 454. The van der Waals surface area contributed by atoms with Crippen LogP contribution in [0, 0.1) is 17.8 Å². The van der Waals surface area contributed by atoms with E-state index in [0.717, 1.165) is 0 Å². The van der Waals surface area contributed by atoms with Crippen molar-refractivity contribution in [2.24, 2.45) is 17.8 Å². The van der Waals surface area contributed by atoms with Gasteiger partial charge in [-0.1, -0.05) is 12.2 Å². The van der Waals surface area contributed by atoms with Gasteiger partial charge < -0.3 is 4.55 Å². The maximum Gasteiger partial charge on any atom is 0.391 e. The highest BCUT2D eigenvalue weighted by molar-refractivity contribution is 7.87. The summed E-state index contributed by atoms with van der Waals surface area (Å²) < 4.78 is 57.0. The molecule has 1 saturated carbocycles. The van der Waals surface area contributed by atoms with Crippen molar-refractivity contribution in [3.05, 3.63) is 12.2 Å². The molecule has 0 radical (unpaired) electrons. The minimum Gasteiger partial charge on any atom is -0.743 e. The normalized spacial score (nSPS) is 33.3. The number of fused-ring (bicyclic) bond motifs is 2. The van der Waals surface area contributed by atoms with Gasteiger partial charge in [-0.3, -0.25) is 4.79 Å². The summed E-state index contributed by atoms with van der Waals surface area (Å²) in [6.45, 7) is 0. The summed E-state index contributed by atoms with van der Waals surface area (Å²) in [4.78, 5) is 11.3. The van der Waals surface area contributed by atoms with Crippen molar-refractivity contribution in [2.45, 2.75) is 18.1 Å². The van der Waals surface area contributed by atoms with E-state index in [2.05, 4.69) is 0 Å². The highest BCUT2D eigenvalue weighted by Gasteiger charge is 2.53. The van der Waals surface area contributed by atoms with Crippen LogP contribution in [0.3, 0.4) is 0 Å². The van der Waals surface area contributed by atoms with E-state index < -0.39 is 27.1 Å². The summed E-state index contributed by atoms with van der Waals surface area (Å²) in [7, 11) is -5.91. The van der Waals surface area contributed by atoms with Gasteiger partial charge in [-0.05, 0) is 24.7 Å². The molecule has 90 valence electrons. The fourth-order valence-corrected chi connectivity index (χ4v) is 2.82. The second kappa shape index (κ2) is 3.33. The van der Waals surface area contributed by atoms with E-state index in [-0.39, 0.29) is 18.3 Å². The van der Waals surface area contributed by atoms with Crippen LogP contribution in [0.15, 0.2) is 12.2 Å². The lowest BCUT2D eigenvalue weighted by Crippen LogP contribution is -2.42. The molecular formula is C9H9F2O4S-. The number of alkyl halides is 2. The lowest BCUT2D eigenvalue weighted by molar-refractivity contribution is -0.138. The van der Waals surface area contributed by atoms with Crippen LogP contribution in [0.5, 0.6) is 0 Å². The van der Waals surface area contributed by atoms with Crippen molar-refractivity contribution in [2.75, 3.05) is 0 Å². The van der Waals surface area contributed by atoms with Gasteiger partial charge in [0, 0.05) is 5.92 Å². The Morgan fingerprint density at radius 3 is 2.31 bits per heavy atom. The minimum atomic E-state index is -5.91. The third-order valence-electron chi connectivity index (χ3n) is 3.22.